The number of thiazole rings is 1. The largest absolute Gasteiger partial charge is 0.506 e. The van der Waals surface area contributed by atoms with Crippen LogP contribution in [0.3, 0.4) is 0 Å². The number of benzene rings is 3. The number of phenolic OH excluding ortho intramolecular Hbond substituents is 1. The summed E-state index contributed by atoms with van der Waals surface area (Å²) in [5.41, 5.74) is 3.46. The molecule has 14 heteroatoms. The summed E-state index contributed by atoms with van der Waals surface area (Å²) in [4.78, 5) is 46.3. The van der Waals surface area contributed by atoms with Crippen molar-refractivity contribution in [3.8, 4) is 22.1 Å². The standard InChI is InChI=1S/C37H40N6O7S/c1-49-32-20-24(7-6-23(32)21-38-22-31(45)26-8-10-30(44)35-27(26)9-11-33(46)42-35)40-34(47)14-18-43-16-12-25(13-17-43)50-37(48)41-29-5-3-2-4-28(29)36-39-15-19-51-36/h2-11,15,19-20,25,31,38,44-45H,12-14,16-18,21-22H2,1H3,(H,40,47)(H,41,48)(H,42,46)/t31-/m0/s1. The van der Waals surface area contributed by atoms with Crippen LogP contribution < -0.4 is 26.2 Å². The maximum atomic E-state index is 12.8. The molecule has 0 saturated carbocycles. The number of fused-ring (bicyclic) bond motifs is 1. The molecule has 0 unspecified atom stereocenters. The highest BCUT2D eigenvalue weighted by atomic mass is 32.1. The van der Waals surface area contributed by atoms with E-state index in [1.54, 1.807) is 37.6 Å². The van der Waals surface area contributed by atoms with Gasteiger partial charge in [-0.1, -0.05) is 24.3 Å². The van der Waals surface area contributed by atoms with Crippen LogP contribution in [0.2, 0.25) is 0 Å². The third kappa shape index (κ3) is 9.10. The number of amides is 2. The highest BCUT2D eigenvalue weighted by Gasteiger charge is 2.23. The highest BCUT2D eigenvalue weighted by molar-refractivity contribution is 7.13. The van der Waals surface area contributed by atoms with Crippen LogP contribution >= 0.6 is 11.3 Å². The number of aromatic amines is 1. The maximum Gasteiger partial charge on any atom is 0.411 e. The third-order valence-corrected chi connectivity index (χ3v) is 9.59. The average Bonchev–Trinajstić information content (AvgIpc) is 3.67. The van der Waals surface area contributed by atoms with Crippen LogP contribution in [0.15, 0.2) is 83.1 Å². The van der Waals surface area contributed by atoms with Gasteiger partial charge in [-0.25, -0.2) is 9.78 Å². The molecule has 0 radical (unpaired) electrons. The maximum absolute atomic E-state index is 12.8. The molecule has 1 saturated heterocycles. The predicted octanol–water partition coefficient (Wildman–Crippen LogP) is 5.23. The van der Waals surface area contributed by atoms with Gasteiger partial charge in [-0.05, 0) is 48.7 Å². The Labute approximate surface area is 298 Å². The second-order valence-electron chi connectivity index (χ2n) is 12.2. The number of aromatic hydroxyl groups is 1. The van der Waals surface area contributed by atoms with E-state index in [1.807, 2.05) is 35.7 Å². The minimum absolute atomic E-state index is 0.0666. The molecule has 2 aromatic heterocycles. The van der Waals surface area contributed by atoms with Crippen LogP contribution in [-0.4, -0.2) is 76.5 Å². The molecule has 6 rings (SSSR count). The first-order chi connectivity index (χ1) is 24.8. The number of phenols is 1. The number of aliphatic hydroxyl groups excluding tert-OH is 1. The summed E-state index contributed by atoms with van der Waals surface area (Å²) in [6.45, 7) is 2.61. The van der Waals surface area contributed by atoms with E-state index in [4.69, 9.17) is 9.47 Å². The number of nitrogens with zero attached hydrogens (tertiary/aromatic N) is 2. The Morgan fingerprint density at radius 1 is 1.08 bits per heavy atom. The third-order valence-electron chi connectivity index (χ3n) is 8.78. The molecular formula is C37H40N6O7S. The van der Waals surface area contributed by atoms with Gasteiger partial charge in [-0.15, -0.1) is 11.3 Å². The lowest BCUT2D eigenvalue weighted by molar-refractivity contribution is -0.116. The van der Waals surface area contributed by atoms with E-state index in [0.29, 0.717) is 73.5 Å². The average molecular weight is 713 g/mol. The van der Waals surface area contributed by atoms with E-state index in [2.05, 4.69) is 30.8 Å². The van der Waals surface area contributed by atoms with Crippen molar-refractivity contribution in [2.24, 2.45) is 0 Å². The summed E-state index contributed by atoms with van der Waals surface area (Å²) in [6.07, 6.45) is 1.80. The number of likely N-dealkylation sites (tertiary alicyclic amines) is 1. The van der Waals surface area contributed by atoms with Crippen LogP contribution in [0, 0.1) is 0 Å². The lowest BCUT2D eigenvalue weighted by Gasteiger charge is -2.31. The van der Waals surface area contributed by atoms with Crippen molar-refractivity contribution in [2.75, 3.05) is 43.9 Å². The summed E-state index contributed by atoms with van der Waals surface area (Å²) >= 11 is 1.50. The molecule has 13 nitrogen and oxygen atoms in total. The highest BCUT2D eigenvalue weighted by Crippen LogP contribution is 2.31. The first-order valence-electron chi connectivity index (χ1n) is 16.7. The normalized spacial score (nSPS) is 14.2. The second-order valence-corrected chi connectivity index (χ2v) is 13.1. The van der Waals surface area contributed by atoms with Gasteiger partial charge >= 0.3 is 6.09 Å². The van der Waals surface area contributed by atoms with Crippen LogP contribution in [0.5, 0.6) is 11.5 Å². The van der Waals surface area contributed by atoms with Gasteiger partial charge in [0.2, 0.25) is 11.5 Å². The van der Waals surface area contributed by atoms with E-state index in [1.165, 1.54) is 23.5 Å². The summed E-state index contributed by atoms with van der Waals surface area (Å²) in [7, 11) is 1.56. The van der Waals surface area contributed by atoms with Crippen LogP contribution in [-0.2, 0) is 16.1 Å². The Morgan fingerprint density at radius 2 is 1.90 bits per heavy atom. The fourth-order valence-corrected chi connectivity index (χ4v) is 6.81. The number of anilines is 2. The van der Waals surface area contributed by atoms with E-state index in [9.17, 15) is 24.6 Å². The van der Waals surface area contributed by atoms with Crippen molar-refractivity contribution >= 4 is 45.6 Å². The zero-order chi connectivity index (χ0) is 35.7. The first kappa shape index (κ1) is 35.5. The van der Waals surface area contributed by atoms with Gasteiger partial charge in [-0.2, -0.15) is 0 Å². The molecule has 1 fully saturated rings. The lowest BCUT2D eigenvalue weighted by Crippen LogP contribution is -2.39. The van der Waals surface area contributed by atoms with E-state index >= 15 is 0 Å². The number of piperidine rings is 1. The smallest absolute Gasteiger partial charge is 0.411 e. The number of pyridine rings is 1. The molecule has 1 aliphatic heterocycles. The van der Waals surface area contributed by atoms with Crippen molar-refractivity contribution in [2.45, 2.75) is 38.0 Å². The summed E-state index contributed by atoms with van der Waals surface area (Å²) in [5.74, 6) is 0.397. The van der Waals surface area contributed by atoms with Crippen LogP contribution in [0.25, 0.3) is 21.5 Å². The Bertz CT molecular complexity index is 2030. The SMILES string of the molecule is COc1cc(NC(=O)CCN2CCC(OC(=O)Nc3ccccc3-c3nccs3)CC2)ccc1CNC[C@H](O)c1ccc(O)c2[nH]c(=O)ccc12. The minimum Gasteiger partial charge on any atom is -0.506 e. The molecule has 51 heavy (non-hydrogen) atoms. The zero-order valence-corrected chi connectivity index (χ0v) is 28.9. The van der Waals surface area contributed by atoms with Gasteiger partial charge in [0.15, 0.2) is 0 Å². The molecule has 5 aromatic rings. The van der Waals surface area contributed by atoms with Crippen LogP contribution in [0.4, 0.5) is 16.2 Å². The van der Waals surface area contributed by atoms with Gasteiger partial charge in [0.1, 0.15) is 22.6 Å². The molecular weight excluding hydrogens is 673 g/mol. The fraction of sp³-hybridized carbons (Fsp3) is 0.297. The van der Waals surface area contributed by atoms with Gasteiger partial charge in [0, 0.05) is 85.1 Å². The molecule has 1 aliphatic rings. The Hall–Kier alpha value is -5.28. The monoisotopic (exact) mass is 712 g/mol. The van der Waals surface area contributed by atoms with Crippen LogP contribution in [0.1, 0.15) is 36.5 Å². The number of para-hydroxylation sites is 1. The van der Waals surface area contributed by atoms with E-state index in [0.717, 1.165) is 16.1 Å². The number of methoxy groups -OCH3 is 1. The number of hydrogen-bond donors (Lipinski definition) is 6. The molecule has 2 amide bonds. The number of nitrogens with one attached hydrogen (secondary N) is 4. The summed E-state index contributed by atoms with van der Waals surface area (Å²) in [6, 6.07) is 18.9. The van der Waals surface area contributed by atoms with Crippen molar-refractivity contribution in [1.82, 2.24) is 20.2 Å². The topological polar surface area (TPSA) is 178 Å². The number of rotatable bonds is 13. The predicted molar refractivity (Wildman–Crippen MR) is 196 cm³/mol. The summed E-state index contributed by atoms with van der Waals surface area (Å²) < 4.78 is 11.3. The molecule has 266 valence electrons. The van der Waals surface area contributed by atoms with Gasteiger partial charge in [-0.3, -0.25) is 14.9 Å². The zero-order valence-electron chi connectivity index (χ0n) is 28.1. The molecule has 3 heterocycles. The number of hydrogen-bond acceptors (Lipinski definition) is 11. The number of aliphatic hydroxyl groups is 1. The van der Waals surface area contributed by atoms with Crippen molar-refractivity contribution in [1.29, 1.82) is 0 Å². The number of carbonyl (C=O) groups is 2. The number of carbonyl (C=O) groups excluding carboxylic acids is 2. The van der Waals surface area contributed by atoms with Crippen molar-refractivity contribution in [3.63, 3.8) is 0 Å². The van der Waals surface area contributed by atoms with Gasteiger partial charge in [0.25, 0.3) is 0 Å². The summed E-state index contributed by atoms with van der Waals surface area (Å²) in [5, 5.41) is 33.3. The van der Waals surface area contributed by atoms with E-state index in [-0.39, 0.29) is 35.4 Å². The Kier molecular flexibility index (Phi) is 11.6. The molecule has 0 bridgehead atoms. The van der Waals surface area contributed by atoms with Gasteiger partial charge in [0.05, 0.1) is 24.4 Å². The molecule has 0 aliphatic carbocycles. The Balaban J connectivity index is 0.922. The number of ether oxygens (including phenoxy) is 2. The molecule has 6 N–H and O–H groups in total. The molecule has 3 aromatic carbocycles. The Morgan fingerprint density at radius 3 is 2.69 bits per heavy atom. The minimum atomic E-state index is -0.899. The second kappa shape index (κ2) is 16.6. The first-order valence-corrected chi connectivity index (χ1v) is 17.5. The molecule has 1 atom stereocenters. The number of aromatic nitrogens is 2. The molecule has 0 spiro atoms. The van der Waals surface area contributed by atoms with Gasteiger partial charge < -0.3 is 40.2 Å². The fourth-order valence-electron chi connectivity index (χ4n) is 6.13. The van der Waals surface area contributed by atoms with Crippen molar-refractivity contribution < 1.29 is 29.3 Å². The lowest BCUT2D eigenvalue weighted by atomic mass is 10.0. The number of H-pyrrole nitrogens is 1. The van der Waals surface area contributed by atoms with Crippen molar-refractivity contribution in [3.05, 3.63) is 99.8 Å². The quantitative estimate of drug-likeness (QED) is 0.0947. The van der Waals surface area contributed by atoms with E-state index < -0.39 is 12.2 Å².